The summed E-state index contributed by atoms with van der Waals surface area (Å²) < 4.78 is 5.60. The number of hydrogen-bond donors (Lipinski definition) is 1. The number of benzene rings is 2. The minimum absolute atomic E-state index is 0.0734. The van der Waals surface area contributed by atoms with Crippen molar-refractivity contribution in [2.24, 2.45) is 0 Å². The number of rotatable bonds is 5. The zero-order valence-corrected chi connectivity index (χ0v) is 13.0. The Balaban J connectivity index is 1.99. The summed E-state index contributed by atoms with van der Waals surface area (Å²) >= 11 is 0. The lowest BCUT2D eigenvalue weighted by atomic mass is 10.1. The molecule has 0 heterocycles. The fraction of sp³-hybridized carbons (Fsp3) is 0.222. The van der Waals surface area contributed by atoms with Crippen molar-refractivity contribution >= 4 is 17.9 Å². The SMILES string of the molecule is Cc1ccc(NC(=O)COc2c(C)cc(C=O)cc2C)cc1. The maximum Gasteiger partial charge on any atom is 0.262 e. The first kappa shape index (κ1) is 15.8. The molecule has 114 valence electrons. The van der Waals surface area contributed by atoms with E-state index in [1.807, 2.05) is 45.0 Å². The highest BCUT2D eigenvalue weighted by molar-refractivity contribution is 5.91. The van der Waals surface area contributed by atoms with Crippen LogP contribution in [0.5, 0.6) is 5.75 Å². The van der Waals surface area contributed by atoms with Crippen LogP contribution < -0.4 is 10.1 Å². The van der Waals surface area contributed by atoms with Gasteiger partial charge in [0.05, 0.1) is 0 Å². The molecule has 0 unspecified atom stereocenters. The normalized spacial score (nSPS) is 10.1. The number of anilines is 1. The number of aldehydes is 1. The third kappa shape index (κ3) is 3.95. The molecule has 0 fully saturated rings. The van der Waals surface area contributed by atoms with Gasteiger partial charge in [-0.2, -0.15) is 0 Å². The molecule has 2 aromatic rings. The van der Waals surface area contributed by atoms with Crippen molar-refractivity contribution in [1.29, 1.82) is 0 Å². The van der Waals surface area contributed by atoms with Crippen LogP contribution in [0.1, 0.15) is 27.0 Å². The van der Waals surface area contributed by atoms with E-state index in [0.29, 0.717) is 11.3 Å². The van der Waals surface area contributed by atoms with Crippen LogP contribution in [0.15, 0.2) is 36.4 Å². The monoisotopic (exact) mass is 297 g/mol. The Kier molecular flexibility index (Phi) is 4.94. The average Bonchev–Trinajstić information content (AvgIpc) is 2.48. The molecule has 4 heteroatoms. The number of hydrogen-bond acceptors (Lipinski definition) is 3. The quantitative estimate of drug-likeness (QED) is 0.860. The van der Waals surface area contributed by atoms with Gasteiger partial charge in [-0.3, -0.25) is 9.59 Å². The highest BCUT2D eigenvalue weighted by atomic mass is 16.5. The zero-order valence-electron chi connectivity index (χ0n) is 13.0. The minimum Gasteiger partial charge on any atom is -0.483 e. The second-order valence-corrected chi connectivity index (χ2v) is 5.30. The Morgan fingerprint density at radius 3 is 2.23 bits per heavy atom. The van der Waals surface area contributed by atoms with Crippen LogP contribution in [-0.4, -0.2) is 18.8 Å². The first-order chi connectivity index (χ1) is 10.5. The van der Waals surface area contributed by atoms with E-state index >= 15 is 0 Å². The predicted octanol–water partition coefficient (Wildman–Crippen LogP) is 3.44. The van der Waals surface area contributed by atoms with E-state index in [1.54, 1.807) is 12.1 Å². The van der Waals surface area contributed by atoms with Gasteiger partial charge in [0.1, 0.15) is 12.0 Å². The number of amides is 1. The maximum atomic E-state index is 11.9. The van der Waals surface area contributed by atoms with Crippen LogP contribution in [0.2, 0.25) is 0 Å². The molecule has 22 heavy (non-hydrogen) atoms. The van der Waals surface area contributed by atoms with Gasteiger partial charge in [0.2, 0.25) is 0 Å². The number of carbonyl (C=O) groups is 2. The summed E-state index contributed by atoms with van der Waals surface area (Å²) in [5.41, 5.74) is 4.15. The summed E-state index contributed by atoms with van der Waals surface area (Å²) in [7, 11) is 0. The maximum absolute atomic E-state index is 11.9. The van der Waals surface area contributed by atoms with Crippen molar-refractivity contribution < 1.29 is 14.3 Å². The molecule has 0 bridgehead atoms. The molecule has 2 aromatic carbocycles. The molecule has 0 saturated carbocycles. The van der Waals surface area contributed by atoms with E-state index in [1.165, 1.54) is 0 Å². The molecule has 0 aliphatic carbocycles. The van der Waals surface area contributed by atoms with Crippen LogP contribution in [-0.2, 0) is 4.79 Å². The Labute approximate surface area is 130 Å². The Morgan fingerprint density at radius 1 is 1.09 bits per heavy atom. The highest BCUT2D eigenvalue weighted by Crippen LogP contribution is 2.24. The molecule has 4 nitrogen and oxygen atoms in total. The van der Waals surface area contributed by atoms with Crippen LogP contribution in [0.4, 0.5) is 5.69 Å². The van der Waals surface area contributed by atoms with Crippen molar-refractivity contribution in [1.82, 2.24) is 0 Å². The first-order valence-electron chi connectivity index (χ1n) is 7.05. The van der Waals surface area contributed by atoms with Gasteiger partial charge in [-0.15, -0.1) is 0 Å². The van der Waals surface area contributed by atoms with Crippen molar-refractivity contribution in [3.05, 3.63) is 58.7 Å². The molecular weight excluding hydrogens is 278 g/mol. The van der Waals surface area contributed by atoms with Crippen molar-refractivity contribution in [3.8, 4) is 5.75 Å². The lowest BCUT2D eigenvalue weighted by molar-refractivity contribution is -0.118. The molecule has 0 radical (unpaired) electrons. The Morgan fingerprint density at radius 2 is 1.68 bits per heavy atom. The summed E-state index contributed by atoms with van der Waals surface area (Å²) in [4.78, 5) is 22.7. The third-order valence-corrected chi connectivity index (χ3v) is 3.30. The van der Waals surface area contributed by atoms with E-state index < -0.39 is 0 Å². The summed E-state index contributed by atoms with van der Waals surface area (Å²) in [6.45, 7) is 5.62. The van der Waals surface area contributed by atoms with E-state index in [9.17, 15) is 9.59 Å². The number of ether oxygens (including phenoxy) is 1. The van der Waals surface area contributed by atoms with Crippen molar-refractivity contribution in [3.63, 3.8) is 0 Å². The van der Waals surface area contributed by atoms with E-state index in [2.05, 4.69) is 5.32 Å². The molecule has 0 saturated heterocycles. The molecule has 0 aliphatic heterocycles. The lowest BCUT2D eigenvalue weighted by Gasteiger charge is -2.13. The van der Waals surface area contributed by atoms with Gasteiger partial charge in [0, 0.05) is 11.3 Å². The molecule has 0 spiro atoms. The average molecular weight is 297 g/mol. The second kappa shape index (κ2) is 6.89. The van der Waals surface area contributed by atoms with Crippen LogP contribution in [0.25, 0.3) is 0 Å². The minimum atomic E-state index is -0.220. The molecule has 0 aromatic heterocycles. The summed E-state index contributed by atoms with van der Waals surface area (Å²) in [5, 5.41) is 2.78. The lowest BCUT2D eigenvalue weighted by Crippen LogP contribution is -2.20. The van der Waals surface area contributed by atoms with Gasteiger partial charge in [-0.1, -0.05) is 17.7 Å². The van der Waals surface area contributed by atoms with E-state index in [4.69, 9.17) is 4.74 Å². The van der Waals surface area contributed by atoms with Crippen LogP contribution in [0.3, 0.4) is 0 Å². The largest absolute Gasteiger partial charge is 0.483 e. The molecule has 0 aliphatic rings. The van der Waals surface area contributed by atoms with Gasteiger partial charge in [-0.25, -0.2) is 0 Å². The van der Waals surface area contributed by atoms with Crippen LogP contribution >= 0.6 is 0 Å². The molecule has 1 amide bonds. The first-order valence-corrected chi connectivity index (χ1v) is 7.05. The number of aryl methyl sites for hydroxylation is 3. The number of carbonyl (C=O) groups excluding carboxylic acids is 2. The van der Waals surface area contributed by atoms with Gasteiger partial charge in [-0.05, 0) is 56.2 Å². The van der Waals surface area contributed by atoms with E-state index in [0.717, 1.165) is 28.7 Å². The van der Waals surface area contributed by atoms with Gasteiger partial charge in [0.15, 0.2) is 6.61 Å². The molecule has 1 N–H and O–H groups in total. The predicted molar refractivity (Wildman–Crippen MR) is 86.6 cm³/mol. The van der Waals surface area contributed by atoms with Crippen molar-refractivity contribution in [2.45, 2.75) is 20.8 Å². The van der Waals surface area contributed by atoms with Crippen LogP contribution in [0, 0.1) is 20.8 Å². The smallest absolute Gasteiger partial charge is 0.262 e. The fourth-order valence-corrected chi connectivity index (χ4v) is 2.25. The zero-order chi connectivity index (χ0) is 16.1. The van der Waals surface area contributed by atoms with Crippen molar-refractivity contribution in [2.75, 3.05) is 11.9 Å². The summed E-state index contributed by atoms with van der Waals surface area (Å²) in [6, 6.07) is 11.1. The fourth-order valence-electron chi connectivity index (χ4n) is 2.25. The second-order valence-electron chi connectivity index (χ2n) is 5.30. The Bertz CT molecular complexity index is 667. The highest BCUT2D eigenvalue weighted by Gasteiger charge is 2.09. The standard InChI is InChI=1S/C18H19NO3/c1-12-4-6-16(7-5-12)19-17(21)11-22-18-13(2)8-15(10-20)9-14(18)3/h4-10H,11H2,1-3H3,(H,19,21). The molecular formula is C18H19NO3. The summed E-state index contributed by atoms with van der Waals surface area (Å²) in [5.74, 6) is 0.423. The molecule has 0 atom stereocenters. The van der Waals surface area contributed by atoms with Gasteiger partial charge < -0.3 is 10.1 Å². The molecule has 2 rings (SSSR count). The van der Waals surface area contributed by atoms with Gasteiger partial charge in [0.25, 0.3) is 5.91 Å². The topological polar surface area (TPSA) is 55.4 Å². The third-order valence-electron chi connectivity index (χ3n) is 3.30. The van der Waals surface area contributed by atoms with E-state index in [-0.39, 0.29) is 12.5 Å². The van der Waals surface area contributed by atoms with Gasteiger partial charge >= 0.3 is 0 Å². The number of nitrogens with one attached hydrogen (secondary N) is 1. The summed E-state index contributed by atoms with van der Waals surface area (Å²) in [6.07, 6.45) is 0.799. The Hall–Kier alpha value is -2.62.